The molecule has 0 amide bonds. The molecule has 0 aliphatic heterocycles. The molecular formula is C13H21N3O2. The summed E-state index contributed by atoms with van der Waals surface area (Å²) in [6.07, 6.45) is 2.78. The van der Waals surface area contributed by atoms with E-state index in [2.05, 4.69) is 15.3 Å². The molecule has 1 aliphatic carbocycles. The van der Waals surface area contributed by atoms with Crippen molar-refractivity contribution in [3.8, 4) is 0 Å². The van der Waals surface area contributed by atoms with Gasteiger partial charge in [0.15, 0.2) is 0 Å². The molecule has 100 valence electrons. The third kappa shape index (κ3) is 3.10. The molecule has 1 fully saturated rings. The zero-order valence-electron chi connectivity index (χ0n) is 10.9. The van der Waals surface area contributed by atoms with Crippen molar-refractivity contribution in [1.82, 2.24) is 9.97 Å². The van der Waals surface area contributed by atoms with Crippen molar-refractivity contribution in [1.29, 1.82) is 0 Å². The topological polar surface area (TPSA) is 78.0 Å². The van der Waals surface area contributed by atoms with Crippen LogP contribution < -0.4 is 10.9 Å². The molecular weight excluding hydrogens is 230 g/mol. The Morgan fingerprint density at radius 3 is 2.94 bits per heavy atom. The second-order valence-corrected chi connectivity index (χ2v) is 5.31. The van der Waals surface area contributed by atoms with Crippen molar-refractivity contribution in [2.45, 2.75) is 45.1 Å². The summed E-state index contributed by atoms with van der Waals surface area (Å²) in [6.45, 7) is 4.65. The summed E-state index contributed by atoms with van der Waals surface area (Å²) in [5.74, 6) is 1.75. The maximum absolute atomic E-state index is 11.5. The molecule has 0 saturated heterocycles. The highest BCUT2D eigenvalue weighted by Gasteiger charge is 2.24. The van der Waals surface area contributed by atoms with Crippen LogP contribution in [0.4, 0.5) is 5.82 Å². The Morgan fingerprint density at radius 1 is 1.56 bits per heavy atom. The molecule has 5 heteroatoms. The maximum atomic E-state index is 11.5. The van der Waals surface area contributed by atoms with Crippen LogP contribution in [0.5, 0.6) is 0 Å². The van der Waals surface area contributed by atoms with Crippen LogP contribution >= 0.6 is 0 Å². The zero-order valence-corrected chi connectivity index (χ0v) is 10.9. The minimum atomic E-state index is -0.218. The van der Waals surface area contributed by atoms with Crippen LogP contribution in [0.1, 0.15) is 44.9 Å². The van der Waals surface area contributed by atoms with Gasteiger partial charge in [0.05, 0.1) is 6.10 Å². The largest absolute Gasteiger partial charge is 0.393 e. The number of aromatic amines is 1. The van der Waals surface area contributed by atoms with Crippen molar-refractivity contribution in [2.75, 3.05) is 11.9 Å². The van der Waals surface area contributed by atoms with Gasteiger partial charge in [-0.1, -0.05) is 20.3 Å². The fraction of sp³-hybridized carbons (Fsp3) is 0.692. The van der Waals surface area contributed by atoms with Gasteiger partial charge in [-0.3, -0.25) is 4.79 Å². The first-order chi connectivity index (χ1) is 8.56. The van der Waals surface area contributed by atoms with Crippen molar-refractivity contribution < 1.29 is 5.11 Å². The number of hydrogen-bond donors (Lipinski definition) is 3. The molecule has 0 bridgehead atoms. The van der Waals surface area contributed by atoms with Gasteiger partial charge in [-0.05, 0) is 12.8 Å². The van der Waals surface area contributed by atoms with Crippen molar-refractivity contribution >= 4 is 5.82 Å². The fourth-order valence-electron chi connectivity index (χ4n) is 2.33. The van der Waals surface area contributed by atoms with Crippen LogP contribution in [0.2, 0.25) is 0 Å². The number of nitrogens with zero attached hydrogens (tertiary/aromatic N) is 1. The lowest BCUT2D eigenvalue weighted by Crippen LogP contribution is -2.23. The molecule has 1 saturated carbocycles. The van der Waals surface area contributed by atoms with E-state index in [9.17, 15) is 9.90 Å². The summed E-state index contributed by atoms with van der Waals surface area (Å²) in [5.41, 5.74) is -0.136. The van der Waals surface area contributed by atoms with E-state index in [0.29, 0.717) is 18.2 Å². The van der Waals surface area contributed by atoms with E-state index in [1.165, 1.54) is 6.07 Å². The molecule has 0 aromatic carbocycles. The lowest BCUT2D eigenvalue weighted by Gasteiger charge is -2.16. The molecule has 2 rings (SSSR count). The van der Waals surface area contributed by atoms with E-state index in [0.717, 1.165) is 19.3 Å². The Balaban J connectivity index is 2.02. The van der Waals surface area contributed by atoms with Crippen LogP contribution in [0, 0.1) is 5.92 Å². The van der Waals surface area contributed by atoms with Gasteiger partial charge in [0.2, 0.25) is 0 Å². The summed E-state index contributed by atoms with van der Waals surface area (Å²) in [7, 11) is 0. The second kappa shape index (κ2) is 5.52. The minimum absolute atomic E-state index is 0.136. The first-order valence-corrected chi connectivity index (χ1v) is 6.59. The molecule has 2 atom stereocenters. The van der Waals surface area contributed by atoms with Crippen LogP contribution in [-0.2, 0) is 0 Å². The number of aliphatic hydroxyl groups excluding tert-OH is 1. The van der Waals surface area contributed by atoms with Crippen LogP contribution in [0.3, 0.4) is 0 Å². The molecule has 1 aromatic heterocycles. The van der Waals surface area contributed by atoms with E-state index in [-0.39, 0.29) is 23.5 Å². The first-order valence-electron chi connectivity index (χ1n) is 6.59. The average Bonchev–Trinajstić information content (AvgIpc) is 2.71. The van der Waals surface area contributed by atoms with Crippen molar-refractivity contribution in [2.24, 2.45) is 5.92 Å². The normalized spacial score (nSPS) is 23.6. The molecule has 1 heterocycles. The number of aliphatic hydroxyl groups is 1. The van der Waals surface area contributed by atoms with Crippen LogP contribution in [0.25, 0.3) is 0 Å². The van der Waals surface area contributed by atoms with Crippen LogP contribution in [-0.4, -0.2) is 27.7 Å². The van der Waals surface area contributed by atoms with E-state index < -0.39 is 0 Å². The van der Waals surface area contributed by atoms with Gasteiger partial charge < -0.3 is 15.4 Å². The minimum Gasteiger partial charge on any atom is -0.393 e. The van der Waals surface area contributed by atoms with Crippen molar-refractivity contribution in [3.05, 3.63) is 22.2 Å². The quantitative estimate of drug-likeness (QED) is 0.757. The van der Waals surface area contributed by atoms with Gasteiger partial charge in [0, 0.05) is 24.4 Å². The maximum Gasteiger partial charge on any atom is 0.252 e. The van der Waals surface area contributed by atoms with E-state index in [1.807, 2.05) is 13.8 Å². The van der Waals surface area contributed by atoms with Gasteiger partial charge >= 0.3 is 0 Å². The number of rotatable bonds is 4. The SMILES string of the molecule is CC(C)c1nc(NCC2CCCC2O)cc(=O)[nH]1. The predicted octanol–water partition coefficient (Wildman–Crippen LogP) is 1.47. The summed E-state index contributed by atoms with van der Waals surface area (Å²) in [5, 5.41) is 12.9. The molecule has 18 heavy (non-hydrogen) atoms. The first kappa shape index (κ1) is 13.1. The Kier molecular flexibility index (Phi) is 4.01. The molecule has 1 aromatic rings. The monoisotopic (exact) mass is 251 g/mol. The average molecular weight is 251 g/mol. The standard InChI is InChI=1S/C13H21N3O2/c1-8(2)13-15-11(6-12(18)16-13)14-7-9-4-3-5-10(9)17/h6,8-10,17H,3-5,7H2,1-2H3,(H2,14,15,16,18). The highest BCUT2D eigenvalue weighted by Crippen LogP contribution is 2.25. The Bertz CT molecular complexity index is 456. The van der Waals surface area contributed by atoms with Gasteiger partial charge in [0.1, 0.15) is 11.6 Å². The molecule has 2 unspecified atom stereocenters. The smallest absolute Gasteiger partial charge is 0.252 e. The Hall–Kier alpha value is -1.36. The molecule has 1 aliphatic rings. The fourth-order valence-corrected chi connectivity index (χ4v) is 2.33. The number of H-pyrrole nitrogens is 1. The summed E-state index contributed by atoms with van der Waals surface area (Å²) in [4.78, 5) is 18.6. The Morgan fingerprint density at radius 2 is 2.33 bits per heavy atom. The molecule has 5 nitrogen and oxygen atoms in total. The Labute approximate surface area is 107 Å². The highest BCUT2D eigenvalue weighted by molar-refractivity contribution is 5.33. The summed E-state index contributed by atoms with van der Waals surface area (Å²) >= 11 is 0. The lowest BCUT2D eigenvalue weighted by molar-refractivity contribution is 0.138. The van der Waals surface area contributed by atoms with E-state index in [4.69, 9.17) is 0 Å². The van der Waals surface area contributed by atoms with E-state index in [1.54, 1.807) is 0 Å². The van der Waals surface area contributed by atoms with Gasteiger partial charge in [-0.15, -0.1) is 0 Å². The number of nitrogens with one attached hydrogen (secondary N) is 2. The van der Waals surface area contributed by atoms with Gasteiger partial charge in [0.25, 0.3) is 5.56 Å². The van der Waals surface area contributed by atoms with E-state index >= 15 is 0 Å². The molecule has 3 N–H and O–H groups in total. The zero-order chi connectivity index (χ0) is 13.1. The van der Waals surface area contributed by atoms with Crippen molar-refractivity contribution in [3.63, 3.8) is 0 Å². The third-order valence-electron chi connectivity index (χ3n) is 3.47. The highest BCUT2D eigenvalue weighted by atomic mass is 16.3. The second-order valence-electron chi connectivity index (χ2n) is 5.31. The summed E-state index contributed by atoms with van der Waals surface area (Å²) in [6, 6.07) is 1.47. The summed E-state index contributed by atoms with van der Waals surface area (Å²) < 4.78 is 0. The predicted molar refractivity (Wildman–Crippen MR) is 70.8 cm³/mol. The van der Waals surface area contributed by atoms with Gasteiger partial charge in [-0.25, -0.2) is 4.98 Å². The third-order valence-corrected chi connectivity index (χ3v) is 3.47. The molecule has 0 spiro atoms. The molecule has 0 radical (unpaired) electrons. The van der Waals surface area contributed by atoms with Crippen LogP contribution in [0.15, 0.2) is 10.9 Å². The number of hydrogen-bond acceptors (Lipinski definition) is 4. The number of aromatic nitrogens is 2. The number of anilines is 1. The lowest BCUT2D eigenvalue weighted by atomic mass is 10.1. The van der Waals surface area contributed by atoms with Gasteiger partial charge in [-0.2, -0.15) is 0 Å².